The zero-order valence-corrected chi connectivity index (χ0v) is 10.3. The van der Waals surface area contributed by atoms with E-state index in [1.165, 1.54) is 12.1 Å². The lowest BCUT2D eigenvalue weighted by atomic mass is 10.2. The van der Waals surface area contributed by atoms with Crippen molar-refractivity contribution in [3.63, 3.8) is 0 Å². The number of halogens is 1. The third-order valence-corrected chi connectivity index (χ3v) is 2.55. The van der Waals surface area contributed by atoms with Crippen LogP contribution in [0.3, 0.4) is 0 Å². The SMILES string of the molecule is O=C(O)c1cc(Br)cc(Oc2ccccc2)c1. The number of carboxylic acid groups (broad SMARTS) is 1. The molecule has 2 aromatic rings. The molecule has 0 heterocycles. The van der Waals surface area contributed by atoms with Crippen molar-refractivity contribution in [1.82, 2.24) is 0 Å². The van der Waals surface area contributed by atoms with Crippen molar-refractivity contribution in [3.05, 3.63) is 58.6 Å². The Kier molecular flexibility index (Phi) is 3.44. The summed E-state index contributed by atoms with van der Waals surface area (Å²) >= 11 is 3.25. The highest BCUT2D eigenvalue weighted by Crippen LogP contribution is 2.26. The largest absolute Gasteiger partial charge is 0.478 e. The first-order valence-corrected chi connectivity index (χ1v) is 5.71. The van der Waals surface area contributed by atoms with Crippen LogP contribution in [0.2, 0.25) is 0 Å². The average Bonchev–Trinajstić information content (AvgIpc) is 2.29. The van der Waals surface area contributed by atoms with Gasteiger partial charge >= 0.3 is 5.97 Å². The zero-order valence-electron chi connectivity index (χ0n) is 8.76. The molecule has 0 fully saturated rings. The first-order valence-electron chi connectivity index (χ1n) is 4.92. The predicted molar refractivity (Wildman–Crippen MR) is 67.6 cm³/mol. The van der Waals surface area contributed by atoms with Crippen molar-refractivity contribution < 1.29 is 14.6 Å². The molecule has 0 aliphatic heterocycles. The van der Waals surface area contributed by atoms with Crippen molar-refractivity contribution in [1.29, 1.82) is 0 Å². The molecule has 0 bridgehead atoms. The average molecular weight is 293 g/mol. The van der Waals surface area contributed by atoms with Gasteiger partial charge in [0.1, 0.15) is 11.5 Å². The Balaban J connectivity index is 2.30. The quantitative estimate of drug-likeness (QED) is 0.932. The van der Waals surface area contributed by atoms with Crippen LogP contribution in [0.4, 0.5) is 0 Å². The second-order valence-electron chi connectivity index (χ2n) is 3.40. The first kappa shape index (κ1) is 11.7. The van der Waals surface area contributed by atoms with Gasteiger partial charge in [0.2, 0.25) is 0 Å². The molecule has 4 heteroatoms. The smallest absolute Gasteiger partial charge is 0.335 e. The fourth-order valence-corrected chi connectivity index (χ4v) is 1.84. The molecule has 0 aliphatic rings. The second kappa shape index (κ2) is 5.01. The number of hydrogen-bond acceptors (Lipinski definition) is 2. The fourth-order valence-electron chi connectivity index (χ4n) is 1.37. The third-order valence-electron chi connectivity index (χ3n) is 2.10. The summed E-state index contributed by atoms with van der Waals surface area (Å²) in [4.78, 5) is 10.9. The molecular formula is C13H9BrO3. The van der Waals surface area contributed by atoms with Crippen LogP contribution in [-0.2, 0) is 0 Å². The topological polar surface area (TPSA) is 46.5 Å². The minimum atomic E-state index is -0.982. The van der Waals surface area contributed by atoms with E-state index in [4.69, 9.17) is 9.84 Å². The zero-order chi connectivity index (χ0) is 12.3. The van der Waals surface area contributed by atoms with Crippen LogP contribution in [0.15, 0.2) is 53.0 Å². The van der Waals surface area contributed by atoms with Gasteiger partial charge in [-0.15, -0.1) is 0 Å². The molecule has 3 nitrogen and oxygen atoms in total. The van der Waals surface area contributed by atoms with Gasteiger partial charge < -0.3 is 9.84 Å². The molecule has 0 aliphatic carbocycles. The first-order chi connectivity index (χ1) is 8.15. The van der Waals surface area contributed by atoms with Crippen LogP contribution in [0.25, 0.3) is 0 Å². The number of carbonyl (C=O) groups is 1. The van der Waals surface area contributed by atoms with E-state index in [0.717, 1.165) is 0 Å². The molecule has 0 amide bonds. The Labute approximate surface area is 107 Å². The second-order valence-corrected chi connectivity index (χ2v) is 4.31. The number of ether oxygens (including phenoxy) is 1. The summed E-state index contributed by atoms with van der Waals surface area (Å²) in [5, 5.41) is 8.92. The minimum Gasteiger partial charge on any atom is -0.478 e. The molecule has 2 rings (SSSR count). The van der Waals surface area contributed by atoms with E-state index in [-0.39, 0.29) is 5.56 Å². The number of rotatable bonds is 3. The Morgan fingerprint density at radius 2 is 1.76 bits per heavy atom. The monoisotopic (exact) mass is 292 g/mol. The molecule has 17 heavy (non-hydrogen) atoms. The lowest BCUT2D eigenvalue weighted by molar-refractivity contribution is 0.0696. The van der Waals surface area contributed by atoms with Crippen molar-refractivity contribution in [2.75, 3.05) is 0 Å². The van der Waals surface area contributed by atoms with Gasteiger partial charge in [-0.1, -0.05) is 34.1 Å². The number of aromatic carboxylic acids is 1. The van der Waals surface area contributed by atoms with Crippen LogP contribution in [0.5, 0.6) is 11.5 Å². The van der Waals surface area contributed by atoms with E-state index in [1.54, 1.807) is 18.2 Å². The molecule has 1 N–H and O–H groups in total. The third kappa shape index (κ3) is 3.07. The van der Waals surface area contributed by atoms with E-state index in [2.05, 4.69) is 15.9 Å². The van der Waals surface area contributed by atoms with E-state index < -0.39 is 5.97 Å². The lowest BCUT2D eigenvalue weighted by Crippen LogP contribution is -1.96. The molecule has 0 saturated heterocycles. The molecule has 2 aromatic carbocycles. The van der Waals surface area contributed by atoms with E-state index >= 15 is 0 Å². The maximum absolute atomic E-state index is 10.9. The summed E-state index contributed by atoms with van der Waals surface area (Å²) in [7, 11) is 0. The van der Waals surface area contributed by atoms with Crippen molar-refractivity contribution >= 4 is 21.9 Å². The summed E-state index contributed by atoms with van der Waals surface area (Å²) in [6.07, 6.45) is 0. The van der Waals surface area contributed by atoms with Crippen LogP contribution in [0, 0.1) is 0 Å². The number of carboxylic acids is 1. The maximum atomic E-state index is 10.9. The summed E-state index contributed by atoms with van der Waals surface area (Å²) in [6, 6.07) is 13.9. The van der Waals surface area contributed by atoms with E-state index in [0.29, 0.717) is 16.0 Å². The summed E-state index contributed by atoms with van der Waals surface area (Å²) in [6.45, 7) is 0. The highest BCUT2D eigenvalue weighted by molar-refractivity contribution is 9.10. The molecule has 0 radical (unpaired) electrons. The Morgan fingerprint density at radius 1 is 1.06 bits per heavy atom. The summed E-state index contributed by atoms with van der Waals surface area (Å²) < 4.78 is 6.23. The Hall–Kier alpha value is -1.81. The summed E-state index contributed by atoms with van der Waals surface area (Å²) in [5.74, 6) is 0.175. The van der Waals surface area contributed by atoms with Gasteiger partial charge in [0.25, 0.3) is 0 Å². The maximum Gasteiger partial charge on any atom is 0.335 e. The van der Waals surface area contributed by atoms with Crippen LogP contribution >= 0.6 is 15.9 Å². The normalized spacial score (nSPS) is 9.94. The van der Waals surface area contributed by atoms with Gasteiger partial charge in [0.15, 0.2) is 0 Å². The minimum absolute atomic E-state index is 0.185. The van der Waals surface area contributed by atoms with Crippen molar-refractivity contribution in [2.45, 2.75) is 0 Å². The van der Waals surface area contributed by atoms with E-state index in [9.17, 15) is 4.79 Å². The van der Waals surface area contributed by atoms with Crippen LogP contribution in [0.1, 0.15) is 10.4 Å². The standard InChI is InChI=1S/C13H9BrO3/c14-10-6-9(13(15)16)7-12(8-10)17-11-4-2-1-3-5-11/h1-8H,(H,15,16). The molecule has 0 unspecified atom stereocenters. The highest BCUT2D eigenvalue weighted by Gasteiger charge is 2.07. The number of benzene rings is 2. The Bertz CT molecular complexity index is 538. The van der Waals surface area contributed by atoms with Gasteiger partial charge in [-0.3, -0.25) is 0 Å². The number of para-hydroxylation sites is 1. The van der Waals surface area contributed by atoms with Crippen LogP contribution in [-0.4, -0.2) is 11.1 Å². The highest BCUT2D eigenvalue weighted by atomic mass is 79.9. The van der Waals surface area contributed by atoms with E-state index in [1.807, 2.05) is 18.2 Å². The molecule has 0 spiro atoms. The molecule has 0 atom stereocenters. The summed E-state index contributed by atoms with van der Waals surface area (Å²) in [5.41, 5.74) is 0.185. The Morgan fingerprint density at radius 3 is 2.41 bits per heavy atom. The molecular weight excluding hydrogens is 284 g/mol. The van der Waals surface area contributed by atoms with Gasteiger partial charge in [-0.05, 0) is 30.3 Å². The fraction of sp³-hybridized carbons (Fsp3) is 0. The van der Waals surface area contributed by atoms with Crippen molar-refractivity contribution in [2.24, 2.45) is 0 Å². The molecule has 86 valence electrons. The predicted octanol–water partition coefficient (Wildman–Crippen LogP) is 3.94. The van der Waals surface area contributed by atoms with Crippen LogP contribution < -0.4 is 4.74 Å². The number of hydrogen-bond donors (Lipinski definition) is 1. The lowest BCUT2D eigenvalue weighted by Gasteiger charge is -2.06. The van der Waals surface area contributed by atoms with Gasteiger partial charge in [0.05, 0.1) is 5.56 Å². The van der Waals surface area contributed by atoms with Crippen molar-refractivity contribution in [3.8, 4) is 11.5 Å². The van der Waals surface area contributed by atoms with Gasteiger partial charge in [0, 0.05) is 4.47 Å². The molecule has 0 aromatic heterocycles. The van der Waals surface area contributed by atoms with Gasteiger partial charge in [-0.25, -0.2) is 4.79 Å². The van der Waals surface area contributed by atoms with Gasteiger partial charge in [-0.2, -0.15) is 0 Å². The molecule has 0 saturated carbocycles.